The SMILES string of the molecule is COc1cccc(-c2ccc([C@H](N(CC#N)[C@@H](CC(C)C)C(N)=O)C(F)(F)F)cc2)c1. The first kappa shape index (κ1) is 24.2. The van der Waals surface area contributed by atoms with Crippen molar-refractivity contribution in [3.05, 3.63) is 54.1 Å². The summed E-state index contributed by atoms with van der Waals surface area (Å²) in [6.07, 6.45) is -4.59. The zero-order valence-corrected chi connectivity index (χ0v) is 17.7. The second-order valence-electron chi connectivity index (χ2n) is 7.68. The van der Waals surface area contributed by atoms with Crippen molar-refractivity contribution < 1.29 is 22.7 Å². The van der Waals surface area contributed by atoms with E-state index in [0.717, 1.165) is 10.5 Å². The average Bonchev–Trinajstić information content (AvgIpc) is 2.71. The summed E-state index contributed by atoms with van der Waals surface area (Å²) in [5.74, 6) is -0.331. The van der Waals surface area contributed by atoms with Gasteiger partial charge in [-0.1, -0.05) is 50.2 Å². The largest absolute Gasteiger partial charge is 0.497 e. The van der Waals surface area contributed by atoms with Gasteiger partial charge < -0.3 is 10.5 Å². The number of carbonyl (C=O) groups is 1. The Morgan fingerprint density at radius 2 is 1.81 bits per heavy atom. The standard InChI is InChI=1S/C23H26F3N3O2/c1-15(2)13-20(22(28)30)29(12-11-27)21(23(24,25)26)17-9-7-16(8-10-17)18-5-4-6-19(14-18)31-3/h4-10,14-15,20-21H,12-13H2,1-3H3,(H2,28,30)/t20-,21-/m0/s1. The third-order valence-electron chi connectivity index (χ3n) is 4.95. The molecular weight excluding hydrogens is 407 g/mol. The van der Waals surface area contributed by atoms with Crippen molar-refractivity contribution in [2.24, 2.45) is 11.7 Å². The minimum atomic E-state index is -4.71. The molecule has 2 aromatic rings. The van der Waals surface area contributed by atoms with E-state index in [1.807, 2.05) is 6.07 Å². The van der Waals surface area contributed by atoms with Crippen molar-refractivity contribution in [1.29, 1.82) is 5.26 Å². The zero-order chi connectivity index (χ0) is 23.2. The number of alkyl halides is 3. The molecular formula is C23H26F3N3O2. The molecule has 2 N–H and O–H groups in total. The fourth-order valence-electron chi connectivity index (χ4n) is 3.55. The van der Waals surface area contributed by atoms with Crippen molar-refractivity contribution in [3.8, 4) is 22.9 Å². The molecule has 0 radical (unpaired) electrons. The fraction of sp³-hybridized carbons (Fsp3) is 0.391. The lowest BCUT2D eigenvalue weighted by molar-refractivity contribution is -0.192. The molecule has 2 aromatic carbocycles. The fourth-order valence-corrected chi connectivity index (χ4v) is 3.55. The summed E-state index contributed by atoms with van der Waals surface area (Å²) in [7, 11) is 1.53. The molecule has 31 heavy (non-hydrogen) atoms. The van der Waals surface area contributed by atoms with Gasteiger partial charge in [0.15, 0.2) is 0 Å². The highest BCUT2D eigenvalue weighted by Gasteiger charge is 2.47. The number of benzene rings is 2. The molecule has 0 saturated heterocycles. The summed E-state index contributed by atoms with van der Waals surface area (Å²) >= 11 is 0. The minimum Gasteiger partial charge on any atom is -0.497 e. The van der Waals surface area contributed by atoms with Crippen LogP contribution in [-0.4, -0.2) is 36.7 Å². The number of nitrogens with zero attached hydrogens (tertiary/aromatic N) is 2. The number of carbonyl (C=O) groups excluding carboxylic acids is 1. The molecule has 0 bridgehead atoms. The van der Waals surface area contributed by atoms with Crippen LogP contribution in [0.3, 0.4) is 0 Å². The smallest absolute Gasteiger partial charge is 0.408 e. The van der Waals surface area contributed by atoms with E-state index in [1.54, 1.807) is 50.2 Å². The molecule has 1 amide bonds. The van der Waals surface area contributed by atoms with Crippen LogP contribution in [-0.2, 0) is 4.79 Å². The maximum absolute atomic E-state index is 14.1. The molecule has 0 spiro atoms. The summed E-state index contributed by atoms with van der Waals surface area (Å²) in [5.41, 5.74) is 6.87. The summed E-state index contributed by atoms with van der Waals surface area (Å²) in [6.45, 7) is 2.99. The lowest BCUT2D eigenvalue weighted by Gasteiger charge is -2.37. The highest BCUT2D eigenvalue weighted by molar-refractivity contribution is 5.80. The lowest BCUT2D eigenvalue weighted by atomic mass is 9.95. The van der Waals surface area contributed by atoms with Crippen LogP contribution in [0.4, 0.5) is 13.2 Å². The van der Waals surface area contributed by atoms with Gasteiger partial charge in [0.1, 0.15) is 11.8 Å². The Labute approximate surface area is 180 Å². The molecule has 2 atom stereocenters. The highest BCUT2D eigenvalue weighted by atomic mass is 19.4. The number of hydrogen-bond acceptors (Lipinski definition) is 4. The van der Waals surface area contributed by atoms with Gasteiger partial charge >= 0.3 is 6.18 Å². The third kappa shape index (κ3) is 6.22. The number of primary amides is 1. The predicted octanol–water partition coefficient (Wildman–Crippen LogP) is 4.69. The van der Waals surface area contributed by atoms with Gasteiger partial charge in [-0.25, -0.2) is 0 Å². The van der Waals surface area contributed by atoms with Gasteiger partial charge in [-0.3, -0.25) is 9.69 Å². The van der Waals surface area contributed by atoms with Gasteiger partial charge in [0, 0.05) is 0 Å². The number of methoxy groups -OCH3 is 1. The molecule has 0 aliphatic rings. The summed E-state index contributed by atoms with van der Waals surface area (Å²) in [5, 5.41) is 9.18. The molecule has 0 aliphatic carbocycles. The minimum absolute atomic E-state index is 0.0654. The van der Waals surface area contributed by atoms with E-state index in [1.165, 1.54) is 19.2 Å². The number of nitrogens with two attached hydrogens (primary N) is 1. The van der Waals surface area contributed by atoms with Crippen molar-refractivity contribution in [1.82, 2.24) is 4.90 Å². The normalized spacial score (nSPS) is 13.6. The molecule has 2 rings (SSSR count). The summed E-state index contributed by atoms with van der Waals surface area (Å²) in [4.78, 5) is 12.9. The van der Waals surface area contributed by atoms with E-state index >= 15 is 0 Å². The van der Waals surface area contributed by atoms with Crippen LogP contribution in [0.25, 0.3) is 11.1 Å². The molecule has 0 unspecified atom stereocenters. The molecule has 0 aromatic heterocycles. The Bertz CT molecular complexity index is 921. The molecule has 0 aliphatic heterocycles. The van der Waals surface area contributed by atoms with Gasteiger partial charge in [0.05, 0.1) is 25.8 Å². The molecule has 0 fully saturated rings. The van der Waals surface area contributed by atoms with Crippen LogP contribution < -0.4 is 10.5 Å². The maximum atomic E-state index is 14.1. The zero-order valence-electron chi connectivity index (χ0n) is 17.7. The van der Waals surface area contributed by atoms with Crippen LogP contribution in [0, 0.1) is 17.2 Å². The van der Waals surface area contributed by atoms with Gasteiger partial charge in [0.25, 0.3) is 0 Å². The Balaban J connectivity index is 2.49. The predicted molar refractivity (Wildman–Crippen MR) is 112 cm³/mol. The topological polar surface area (TPSA) is 79.3 Å². The van der Waals surface area contributed by atoms with Crippen molar-refractivity contribution in [2.75, 3.05) is 13.7 Å². The highest BCUT2D eigenvalue weighted by Crippen LogP contribution is 2.40. The van der Waals surface area contributed by atoms with E-state index in [2.05, 4.69) is 0 Å². The van der Waals surface area contributed by atoms with Crippen molar-refractivity contribution in [3.63, 3.8) is 0 Å². The van der Waals surface area contributed by atoms with Crippen LogP contribution in [0.1, 0.15) is 31.9 Å². The third-order valence-corrected chi connectivity index (χ3v) is 4.95. The van der Waals surface area contributed by atoms with Crippen LogP contribution in [0.2, 0.25) is 0 Å². The van der Waals surface area contributed by atoms with Crippen molar-refractivity contribution >= 4 is 5.91 Å². The monoisotopic (exact) mass is 433 g/mol. The maximum Gasteiger partial charge on any atom is 0.408 e. The van der Waals surface area contributed by atoms with E-state index in [-0.39, 0.29) is 17.9 Å². The Morgan fingerprint density at radius 1 is 1.16 bits per heavy atom. The molecule has 5 nitrogen and oxygen atoms in total. The number of rotatable bonds is 9. The first-order valence-corrected chi connectivity index (χ1v) is 9.81. The van der Waals surface area contributed by atoms with Crippen LogP contribution in [0.15, 0.2) is 48.5 Å². The average molecular weight is 433 g/mol. The molecule has 166 valence electrons. The lowest BCUT2D eigenvalue weighted by Crippen LogP contribution is -2.51. The first-order valence-electron chi connectivity index (χ1n) is 9.81. The molecule has 0 saturated carbocycles. The van der Waals surface area contributed by atoms with Gasteiger partial charge in [-0.05, 0) is 41.2 Å². The number of nitriles is 1. The Hall–Kier alpha value is -3.05. The number of hydrogen-bond donors (Lipinski definition) is 1. The van der Waals surface area contributed by atoms with Crippen molar-refractivity contribution in [2.45, 2.75) is 38.5 Å². The van der Waals surface area contributed by atoms with Gasteiger partial charge in [-0.2, -0.15) is 18.4 Å². The van der Waals surface area contributed by atoms with E-state index < -0.39 is 30.7 Å². The van der Waals surface area contributed by atoms with Crippen LogP contribution >= 0.6 is 0 Å². The number of amides is 1. The van der Waals surface area contributed by atoms with E-state index in [4.69, 9.17) is 10.5 Å². The first-order chi connectivity index (χ1) is 14.6. The molecule has 8 heteroatoms. The molecule has 0 heterocycles. The Kier molecular flexibility index (Phi) is 8.06. The summed E-state index contributed by atoms with van der Waals surface area (Å²) in [6, 6.07) is 11.5. The summed E-state index contributed by atoms with van der Waals surface area (Å²) < 4.78 is 47.6. The second kappa shape index (κ2) is 10.3. The number of ether oxygens (including phenoxy) is 1. The Morgan fingerprint density at radius 3 is 2.29 bits per heavy atom. The van der Waals surface area contributed by atoms with Gasteiger partial charge in [0.2, 0.25) is 5.91 Å². The van der Waals surface area contributed by atoms with E-state index in [9.17, 15) is 23.2 Å². The quantitative estimate of drug-likeness (QED) is 0.582. The number of halogens is 3. The second-order valence-corrected chi connectivity index (χ2v) is 7.68. The van der Waals surface area contributed by atoms with E-state index in [0.29, 0.717) is 11.3 Å². The van der Waals surface area contributed by atoms with Crippen LogP contribution in [0.5, 0.6) is 5.75 Å². The van der Waals surface area contributed by atoms with Gasteiger partial charge in [-0.15, -0.1) is 0 Å².